The average Bonchev–Trinajstić information content (AvgIpc) is 3.06. The second-order valence-electron chi connectivity index (χ2n) is 7.70. The van der Waals surface area contributed by atoms with Gasteiger partial charge >= 0.3 is 6.18 Å². The average molecular weight is 428 g/mol. The van der Waals surface area contributed by atoms with E-state index in [4.69, 9.17) is 4.74 Å². The molecule has 1 atom stereocenters. The zero-order valence-electron chi connectivity index (χ0n) is 15.8. The molecule has 2 aliphatic heterocycles. The number of thiophene rings is 1. The van der Waals surface area contributed by atoms with Crippen molar-refractivity contribution in [3.8, 4) is 0 Å². The number of ether oxygens (including phenoxy) is 1. The number of hydrogen-bond acceptors (Lipinski definition) is 5. The minimum atomic E-state index is -4.80. The molecule has 4 rings (SSSR count). The molecule has 0 N–H and O–H groups in total. The van der Waals surface area contributed by atoms with E-state index in [1.165, 1.54) is 16.9 Å². The molecule has 4 heterocycles. The smallest absolute Gasteiger partial charge is 0.366 e. The van der Waals surface area contributed by atoms with Gasteiger partial charge in [0.1, 0.15) is 5.60 Å². The molecule has 1 spiro atoms. The number of rotatable bonds is 3. The zero-order chi connectivity index (χ0) is 20.8. The van der Waals surface area contributed by atoms with Crippen LogP contribution in [0.1, 0.15) is 51.1 Å². The van der Waals surface area contributed by atoms with Crippen molar-refractivity contribution in [2.45, 2.75) is 50.6 Å². The van der Waals surface area contributed by atoms with E-state index in [0.717, 1.165) is 29.8 Å². The van der Waals surface area contributed by atoms with Crippen molar-refractivity contribution in [3.05, 3.63) is 50.7 Å². The maximum absolute atomic E-state index is 13.8. The van der Waals surface area contributed by atoms with Crippen LogP contribution in [0.2, 0.25) is 0 Å². The van der Waals surface area contributed by atoms with Crippen LogP contribution in [-0.2, 0) is 29.5 Å². The number of piperidine rings is 1. The zero-order valence-corrected chi connectivity index (χ0v) is 16.6. The van der Waals surface area contributed by atoms with Crippen LogP contribution in [0.5, 0.6) is 0 Å². The van der Waals surface area contributed by atoms with E-state index in [1.807, 2.05) is 13.0 Å². The van der Waals surface area contributed by atoms with Crippen molar-refractivity contribution in [1.29, 1.82) is 0 Å². The van der Waals surface area contributed by atoms with Crippen molar-refractivity contribution in [3.63, 3.8) is 0 Å². The third-order valence-electron chi connectivity index (χ3n) is 5.53. The van der Waals surface area contributed by atoms with Crippen molar-refractivity contribution >= 4 is 17.6 Å². The minimum absolute atomic E-state index is 0.0522. The Kier molecular flexibility index (Phi) is 5.25. The van der Waals surface area contributed by atoms with Gasteiger partial charge in [-0.25, -0.2) is 9.37 Å². The second kappa shape index (κ2) is 7.45. The molecule has 29 heavy (non-hydrogen) atoms. The number of nitrogens with zero attached hydrogens (tertiary/aromatic N) is 2. The Labute approximate surface area is 169 Å². The van der Waals surface area contributed by atoms with Gasteiger partial charge in [-0.15, -0.1) is 11.3 Å². The number of alkyl halides is 3. The van der Waals surface area contributed by atoms with Crippen LogP contribution in [0, 0.1) is 5.82 Å². The normalized spacial score (nSPS) is 21.9. The van der Waals surface area contributed by atoms with E-state index in [9.17, 15) is 22.4 Å². The molecule has 1 fully saturated rings. The molecule has 2 aromatic rings. The summed E-state index contributed by atoms with van der Waals surface area (Å²) in [5.74, 6) is -1.35. The topological polar surface area (TPSA) is 42.4 Å². The van der Waals surface area contributed by atoms with E-state index < -0.39 is 23.3 Å². The first-order valence-electron chi connectivity index (χ1n) is 9.40. The first-order chi connectivity index (χ1) is 13.7. The quantitative estimate of drug-likeness (QED) is 0.531. The molecular weight excluding hydrogens is 408 g/mol. The fourth-order valence-corrected chi connectivity index (χ4v) is 5.48. The van der Waals surface area contributed by atoms with Gasteiger partial charge in [0.25, 0.3) is 0 Å². The Bertz CT molecular complexity index is 920. The van der Waals surface area contributed by atoms with Crippen molar-refractivity contribution in [2.24, 2.45) is 0 Å². The Morgan fingerprint density at radius 1 is 1.34 bits per heavy atom. The monoisotopic (exact) mass is 428 g/mol. The van der Waals surface area contributed by atoms with E-state index in [1.54, 1.807) is 0 Å². The van der Waals surface area contributed by atoms with Crippen LogP contribution in [0.3, 0.4) is 0 Å². The number of carbonyl (C=O) groups excluding carboxylic acids is 1. The molecule has 0 radical (unpaired) electrons. The maximum atomic E-state index is 13.8. The van der Waals surface area contributed by atoms with Crippen LogP contribution in [0.4, 0.5) is 17.6 Å². The lowest BCUT2D eigenvalue weighted by Gasteiger charge is -2.45. The number of fused-ring (bicyclic) bond motifs is 2. The number of likely N-dealkylation sites (tertiary alicyclic amines) is 1. The summed E-state index contributed by atoms with van der Waals surface area (Å²) < 4.78 is 58.1. The number of aldehydes is 1. The molecule has 0 aliphatic carbocycles. The SMILES string of the molecule is CC1Cc2cc(C=O)sc2C2(CCN(Cc3cnc(C(F)(F)F)c(F)c3)CC2)O1. The fourth-order valence-electron chi connectivity index (χ4n) is 4.28. The number of hydrogen-bond donors (Lipinski definition) is 0. The van der Waals surface area contributed by atoms with Gasteiger partial charge in [-0.1, -0.05) is 0 Å². The Hall–Kier alpha value is -1.84. The fraction of sp³-hybridized carbons (Fsp3) is 0.500. The lowest BCUT2D eigenvalue weighted by Crippen LogP contribution is -2.47. The lowest BCUT2D eigenvalue weighted by molar-refractivity contribution is -0.143. The van der Waals surface area contributed by atoms with Crippen molar-refractivity contribution in [1.82, 2.24) is 9.88 Å². The van der Waals surface area contributed by atoms with Crippen LogP contribution in [-0.4, -0.2) is 35.4 Å². The Balaban J connectivity index is 1.47. The highest BCUT2D eigenvalue weighted by Gasteiger charge is 2.44. The molecule has 0 saturated carbocycles. The van der Waals surface area contributed by atoms with Crippen LogP contribution >= 0.6 is 11.3 Å². The van der Waals surface area contributed by atoms with E-state index >= 15 is 0 Å². The van der Waals surface area contributed by atoms with E-state index in [2.05, 4.69) is 9.88 Å². The molecule has 156 valence electrons. The minimum Gasteiger partial charge on any atom is -0.366 e. The van der Waals surface area contributed by atoms with Gasteiger partial charge in [-0.3, -0.25) is 9.69 Å². The predicted molar refractivity (Wildman–Crippen MR) is 99.3 cm³/mol. The lowest BCUT2D eigenvalue weighted by atomic mass is 9.84. The number of pyridine rings is 1. The Morgan fingerprint density at radius 2 is 2.07 bits per heavy atom. The van der Waals surface area contributed by atoms with Gasteiger partial charge in [0.05, 0.1) is 11.0 Å². The molecule has 0 amide bonds. The summed E-state index contributed by atoms with van der Waals surface area (Å²) in [5.41, 5.74) is -0.346. The van der Waals surface area contributed by atoms with Crippen LogP contribution in [0.15, 0.2) is 18.3 Å². The van der Waals surface area contributed by atoms with Crippen LogP contribution < -0.4 is 0 Å². The largest absolute Gasteiger partial charge is 0.436 e. The Morgan fingerprint density at radius 3 is 2.69 bits per heavy atom. The van der Waals surface area contributed by atoms with E-state index in [-0.39, 0.29) is 6.10 Å². The molecule has 2 aromatic heterocycles. The molecule has 1 unspecified atom stereocenters. The van der Waals surface area contributed by atoms with Gasteiger partial charge in [-0.05, 0) is 49.4 Å². The predicted octanol–water partition coefficient (Wildman–Crippen LogP) is 4.57. The van der Waals surface area contributed by atoms with Gasteiger partial charge in [-0.2, -0.15) is 13.2 Å². The standard InChI is InChI=1S/C20H20F4N2O2S/c1-12-6-14-8-15(11-27)29-18(14)19(28-12)2-4-26(5-3-19)10-13-7-16(21)17(25-9-13)20(22,23)24/h7-9,11-12H,2-6,10H2,1H3. The molecular formula is C20H20F4N2O2S. The van der Waals surface area contributed by atoms with Crippen molar-refractivity contribution < 1.29 is 27.1 Å². The third-order valence-corrected chi connectivity index (χ3v) is 6.82. The van der Waals surface area contributed by atoms with E-state index in [0.29, 0.717) is 42.9 Å². The maximum Gasteiger partial charge on any atom is 0.436 e. The summed E-state index contributed by atoms with van der Waals surface area (Å²) in [6.07, 6.45) is -0.600. The van der Waals surface area contributed by atoms with Gasteiger partial charge in [0.2, 0.25) is 0 Å². The first-order valence-corrected chi connectivity index (χ1v) is 10.2. The molecule has 0 aromatic carbocycles. The summed E-state index contributed by atoms with van der Waals surface area (Å²) >= 11 is 1.48. The van der Waals surface area contributed by atoms with Crippen LogP contribution in [0.25, 0.3) is 0 Å². The molecule has 4 nitrogen and oxygen atoms in total. The number of halogens is 4. The summed E-state index contributed by atoms with van der Waals surface area (Å²) in [7, 11) is 0. The highest BCUT2D eigenvalue weighted by molar-refractivity contribution is 7.14. The highest BCUT2D eigenvalue weighted by Crippen LogP contribution is 2.47. The summed E-state index contributed by atoms with van der Waals surface area (Å²) in [4.78, 5) is 18.3. The van der Waals surface area contributed by atoms with Gasteiger partial charge < -0.3 is 4.74 Å². The summed E-state index contributed by atoms with van der Waals surface area (Å²) in [5, 5.41) is 0. The van der Waals surface area contributed by atoms with Gasteiger partial charge in [0, 0.05) is 30.7 Å². The molecule has 9 heteroatoms. The molecule has 2 aliphatic rings. The molecule has 1 saturated heterocycles. The molecule has 0 bridgehead atoms. The van der Waals surface area contributed by atoms with Gasteiger partial charge in [0.15, 0.2) is 17.8 Å². The van der Waals surface area contributed by atoms with Crippen molar-refractivity contribution in [2.75, 3.05) is 13.1 Å². The summed E-state index contributed by atoms with van der Waals surface area (Å²) in [6.45, 7) is 3.66. The number of carbonyl (C=O) groups is 1. The second-order valence-corrected chi connectivity index (χ2v) is 8.78. The third kappa shape index (κ3) is 3.95. The summed E-state index contributed by atoms with van der Waals surface area (Å²) in [6, 6.07) is 2.85. The number of aromatic nitrogens is 1. The first kappa shape index (κ1) is 20.4. The highest BCUT2D eigenvalue weighted by atomic mass is 32.1.